The van der Waals surface area contributed by atoms with Crippen LogP contribution in [0.5, 0.6) is 11.5 Å². The number of rotatable bonds is 6. The van der Waals surface area contributed by atoms with Gasteiger partial charge in [0.25, 0.3) is 0 Å². The molecule has 2 aromatic carbocycles. The Labute approximate surface area is 186 Å². The number of phenols is 1. The maximum absolute atomic E-state index is 13.0. The average molecular weight is 440 g/mol. The first-order chi connectivity index (χ1) is 15.1. The van der Waals surface area contributed by atoms with Crippen molar-refractivity contribution in [1.82, 2.24) is 9.88 Å². The molecule has 170 valence electrons. The van der Waals surface area contributed by atoms with Gasteiger partial charge in [-0.1, -0.05) is 12.1 Å². The summed E-state index contributed by atoms with van der Waals surface area (Å²) in [6.45, 7) is 6.07. The maximum Gasteiger partial charge on any atom is 0.410 e. The summed E-state index contributed by atoms with van der Waals surface area (Å²) in [6, 6.07) is 11.7. The first-order valence-electron chi connectivity index (χ1n) is 10.3. The van der Waals surface area contributed by atoms with E-state index >= 15 is 0 Å². The van der Waals surface area contributed by atoms with Gasteiger partial charge in [0, 0.05) is 35.3 Å². The number of amides is 1. The number of hydrogen-bond acceptors (Lipinski definition) is 6. The Morgan fingerprint density at radius 3 is 2.53 bits per heavy atom. The Hall–Kier alpha value is -3.68. The normalized spacial score (nSPS) is 11.4. The van der Waals surface area contributed by atoms with Crippen LogP contribution < -0.4 is 16.0 Å². The zero-order chi connectivity index (χ0) is 23.5. The van der Waals surface area contributed by atoms with Gasteiger partial charge < -0.3 is 30.2 Å². The molecule has 0 saturated heterocycles. The summed E-state index contributed by atoms with van der Waals surface area (Å²) >= 11 is 0. The summed E-state index contributed by atoms with van der Waals surface area (Å²) < 4.78 is 11.0. The summed E-state index contributed by atoms with van der Waals surface area (Å²) in [7, 11) is 1.56. The number of aromatic hydroxyl groups is 1. The van der Waals surface area contributed by atoms with Crippen LogP contribution in [0.4, 0.5) is 10.5 Å². The molecule has 3 aromatic rings. The third kappa shape index (κ3) is 5.51. The number of pyridine rings is 1. The van der Waals surface area contributed by atoms with Crippen LogP contribution in [0.2, 0.25) is 0 Å². The fraction of sp³-hybridized carbons (Fsp3) is 0.333. The molecule has 8 nitrogen and oxygen atoms in total. The number of nitrogens with one attached hydrogen (secondary N) is 1. The van der Waals surface area contributed by atoms with Crippen LogP contribution in [0, 0.1) is 0 Å². The number of methoxy groups -OCH3 is 1. The molecule has 0 aliphatic rings. The van der Waals surface area contributed by atoms with Crippen molar-refractivity contribution in [2.24, 2.45) is 0 Å². The van der Waals surface area contributed by atoms with Gasteiger partial charge in [-0.15, -0.1) is 0 Å². The predicted octanol–water partition coefficient (Wildman–Crippen LogP) is 3.80. The van der Waals surface area contributed by atoms with Gasteiger partial charge in [-0.05, 0) is 51.0 Å². The van der Waals surface area contributed by atoms with Crippen molar-refractivity contribution in [3.8, 4) is 11.5 Å². The van der Waals surface area contributed by atoms with E-state index in [0.717, 1.165) is 16.5 Å². The van der Waals surface area contributed by atoms with E-state index in [4.69, 9.17) is 15.2 Å². The Morgan fingerprint density at radius 1 is 1.12 bits per heavy atom. The molecule has 0 saturated carbocycles. The van der Waals surface area contributed by atoms with Crippen LogP contribution in [0.15, 0.2) is 47.3 Å². The van der Waals surface area contributed by atoms with Crippen LogP contribution in [0.25, 0.3) is 10.9 Å². The SMILES string of the molecule is COc1cc(N)ccc1CN(CCc1ccc(O)c2[nH]c(=O)ccc12)C(=O)OC(C)(C)C. The minimum atomic E-state index is -0.648. The van der Waals surface area contributed by atoms with Gasteiger partial charge in [0.2, 0.25) is 5.56 Å². The van der Waals surface area contributed by atoms with Crippen molar-refractivity contribution in [2.45, 2.75) is 39.3 Å². The molecule has 0 fully saturated rings. The molecule has 0 aliphatic carbocycles. The Balaban J connectivity index is 1.90. The number of nitrogens with two attached hydrogens (primary N) is 1. The van der Waals surface area contributed by atoms with Gasteiger partial charge in [0.1, 0.15) is 17.1 Å². The molecular formula is C24H29N3O5. The lowest BCUT2D eigenvalue weighted by atomic mass is 10.0. The molecule has 0 aliphatic heterocycles. The highest BCUT2D eigenvalue weighted by Gasteiger charge is 2.23. The van der Waals surface area contributed by atoms with Crippen molar-refractivity contribution < 1.29 is 19.4 Å². The first kappa shape index (κ1) is 23.0. The van der Waals surface area contributed by atoms with Crippen LogP contribution in [-0.2, 0) is 17.7 Å². The van der Waals surface area contributed by atoms with E-state index in [1.807, 2.05) is 26.8 Å². The average Bonchev–Trinajstić information content (AvgIpc) is 2.72. The number of carbonyl (C=O) groups excluding carboxylic acids is 1. The smallest absolute Gasteiger partial charge is 0.410 e. The third-order valence-corrected chi connectivity index (χ3v) is 4.94. The van der Waals surface area contributed by atoms with Crippen molar-refractivity contribution in [3.63, 3.8) is 0 Å². The number of carbonyl (C=O) groups is 1. The second-order valence-corrected chi connectivity index (χ2v) is 8.58. The molecule has 8 heteroatoms. The summed E-state index contributed by atoms with van der Waals surface area (Å²) in [6.07, 6.45) is 0.0344. The number of aromatic nitrogens is 1. The monoisotopic (exact) mass is 439 g/mol. The molecule has 0 unspecified atom stereocenters. The Kier molecular flexibility index (Phi) is 6.62. The molecule has 1 aromatic heterocycles. The van der Waals surface area contributed by atoms with Gasteiger partial charge in [-0.25, -0.2) is 4.79 Å². The number of anilines is 1. The van der Waals surface area contributed by atoms with Gasteiger partial charge in [0.15, 0.2) is 0 Å². The topological polar surface area (TPSA) is 118 Å². The molecule has 3 rings (SSSR count). The number of ether oxygens (including phenoxy) is 2. The van der Waals surface area contributed by atoms with Gasteiger partial charge >= 0.3 is 6.09 Å². The minimum Gasteiger partial charge on any atom is -0.506 e. The van der Waals surface area contributed by atoms with E-state index < -0.39 is 11.7 Å². The fourth-order valence-electron chi connectivity index (χ4n) is 3.43. The lowest BCUT2D eigenvalue weighted by Crippen LogP contribution is -2.37. The van der Waals surface area contributed by atoms with E-state index in [2.05, 4.69) is 4.98 Å². The Bertz CT molecular complexity index is 1180. The molecule has 4 N–H and O–H groups in total. The molecule has 1 amide bonds. The number of H-pyrrole nitrogens is 1. The molecular weight excluding hydrogens is 410 g/mol. The second-order valence-electron chi connectivity index (χ2n) is 8.58. The number of phenolic OH excluding ortho intramolecular Hbond substituents is 1. The molecule has 0 bridgehead atoms. The first-order valence-corrected chi connectivity index (χ1v) is 10.3. The van der Waals surface area contributed by atoms with Crippen LogP contribution in [-0.4, -0.2) is 40.3 Å². The van der Waals surface area contributed by atoms with E-state index in [0.29, 0.717) is 29.9 Å². The molecule has 0 radical (unpaired) electrons. The summed E-state index contributed by atoms with van der Waals surface area (Å²) in [5.41, 5.74) is 7.54. The van der Waals surface area contributed by atoms with Gasteiger partial charge in [-0.2, -0.15) is 0 Å². The zero-order valence-corrected chi connectivity index (χ0v) is 18.8. The van der Waals surface area contributed by atoms with Gasteiger partial charge in [-0.3, -0.25) is 4.79 Å². The zero-order valence-electron chi connectivity index (χ0n) is 18.8. The van der Waals surface area contributed by atoms with Crippen molar-refractivity contribution >= 4 is 22.7 Å². The largest absolute Gasteiger partial charge is 0.506 e. The van der Waals surface area contributed by atoms with Crippen molar-refractivity contribution in [1.29, 1.82) is 0 Å². The number of nitrogen functional groups attached to an aromatic ring is 1. The number of hydrogen-bond donors (Lipinski definition) is 3. The van der Waals surface area contributed by atoms with E-state index in [1.54, 1.807) is 36.3 Å². The standard InChI is InChI=1S/C24H29N3O5/c1-24(2,3)32-23(30)27(14-16-5-7-17(25)13-20(16)31-4)12-11-15-6-9-19(28)22-18(15)8-10-21(29)26-22/h5-10,13,28H,11-12,14,25H2,1-4H3,(H,26,29). The Morgan fingerprint density at radius 2 is 1.84 bits per heavy atom. The molecule has 0 spiro atoms. The van der Waals surface area contributed by atoms with E-state index in [1.165, 1.54) is 12.1 Å². The number of nitrogens with zero attached hydrogens (tertiary/aromatic N) is 1. The third-order valence-electron chi connectivity index (χ3n) is 4.94. The van der Waals surface area contributed by atoms with Crippen molar-refractivity contribution in [3.05, 3.63) is 63.9 Å². The summed E-state index contributed by atoms with van der Waals surface area (Å²) in [5, 5.41) is 10.8. The number of fused-ring (bicyclic) bond motifs is 1. The molecule has 1 heterocycles. The number of aromatic amines is 1. The minimum absolute atomic E-state index is 0.00272. The molecule has 0 atom stereocenters. The second kappa shape index (κ2) is 9.21. The highest BCUT2D eigenvalue weighted by atomic mass is 16.6. The summed E-state index contributed by atoms with van der Waals surface area (Å²) in [4.78, 5) is 28.9. The summed E-state index contributed by atoms with van der Waals surface area (Å²) in [5.74, 6) is 0.586. The quantitative estimate of drug-likeness (QED) is 0.503. The van der Waals surface area contributed by atoms with E-state index in [9.17, 15) is 14.7 Å². The molecule has 32 heavy (non-hydrogen) atoms. The predicted molar refractivity (Wildman–Crippen MR) is 124 cm³/mol. The number of benzene rings is 2. The highest BCUT2D eigenvalue weighted by molar-refractivity contribution is 5.87. The highest BCUT2D eigenvalue weighted by Crippen LogP contribution is 2.27. The van der Waals surface area contributed by atoms with Crippen LogP contribution in [0.3, 0.4) is 0 Å². The van der Waals surface area contributed by atoms with E-state index in [-0.39, 0.29) is 17.9 Å². The maximum atomic E-state index is 13.0. The van der Waals surface area contributed by atoms with Crippen LogP contribution >= 0.6 is 0 Å². The van der Waals surface area contributed by atoms with Gasteiger partial charge in [0.05, 0.1) is 19.2 Å². The lowest BCUT2D eigenvalue weighted by Gasteiger charge is -2.28. The van der Waals surface area contributed by atoms with Crippen molar-refractivity contribution in [2.75, 3.05) is 19.4 Å². The fourth-order valence-corrected chi connectivity index (χ4v) is 3.43. The lowest BCUT2D eigenvalue weighted by molar-refractivity contribution is 0.0235. The van der Waals surface area contributed by atoms with Crippen LogP contribution in [0.1, 0.15) is 31.9 Å².